The van der Waals surface area contributed by atoms with Crippen molar-refractivity contribution in [3.05, 3.63) is 28.5 Å². The maximum absolute atomic E-state index is 5.17. The molecular weight excluding hydrogens is 250 g/mol. The topological polar surface area (TPSA) is 60.0 Å². The van der Waals surface area contributed by atoms with E-state index in [1.54, 1.807) is 7.11 Å². The number of methoxy groups -OCH3 is 2. The Balaban J connectivity index is 2.54. The van der Waals surface area contributed by atoms with Gasteiger partial charge in [0.05, 0.1) is 14.2 Å². The highest BCUT2D eigenvalue weighted by molar-refractivity contribution is 7.71. The summed E-state index contributed by atoms with van der Waals surface area (Å²) in [7, 11) is 3.16. The summed E-state index contributed by atoms with van der Waals surface area (Å²) in [6.07, 6.45) is 0. The van der Waals surface area contributed by atoms with Gasteiger partial charge >= 0.3 is 0 Å². The lowest BCUT2D eigenvalue weighted by Gasteiger charge is -2.08. The summed E-state index contributed by atoms with van der Waals surface area (Å²) in [6, 6.07) is 6.07. The number of nitrogens with one attached hydrogen (secondary N) is 1. The molecule has 18 heavy (non-hydrogen) atoms. The van der Waals surface area contributed by atoms with Crippen LogP contribution in [0.25, 0.3) is 11.4 Å². The minimum absolute atomic E-state index is 0.246. The fourth-order valence-corrected chi connectivity index (χ4v) is 1.79. The van der Waals surface area contributed by atoms with Crippen LogP contribution in [-0.2, 0) is 0 Å². The number of hydrogen-bond acceptors (Lipinski definition) is 5. The van der Waals surface area contributed by atoms with Crippen LogP contribution in [0.4, 0.5) is 0 Å². The molecule has 0 saturated heterocycles. The third-order valence-corrected chi connectivity index (χ3v) is 2.69. The molecule has 1 aromatic heterocycles. The van der Waals surface area contributed by atoms with Crippen molar-refractivity contribution in [2.45, 2.75) is 6.92 Å². The Morgan fingerprint density at radius 2 is 1.94 bits per heavy atom. The molecular formula is C12H13N3O2S. The largest absolute Gasteiger partial charge is 0.497 e. The Kier molecular flexibility index (Phi) is 3.57. The van der Waals surface area contributed by atoms with E-state index in [0.717, 1.165) is 16.9 Å². The van der Waals surface area contributed by atoms with Gasteiger partial charge in [-0.25, -0.2) is 4.98 Å². The SMILES string of the molecule is COc1ccc(-c2nc(=S)nc(OC)[nH]2)c(C)c1. The van der Waals surface area contributed by atoms with E-state index in [9.17, 15) is 0 Å². The van der Waals surface area contributed by atoms with Gasteiger partial charge in [-0.05, 0) is 42.9 Å². The first kappa shape index (κ1) is 12.5. The monoisotopic (exact) mass is 263 g/mol. The average Bonchev–Trinajstić information content (AvgIpc) is 2.37. The van der Waals surface area contributed by atoms with Gasteiger partial charge in [-0.15, -0.1) is 0 Å². The van der Waals surface area contributed by atoms with Gasteiger partial charge in [-0.3, -0.25) is 4.98 Å². The molecule has 0 amide bonds. The number of benzene rings is 1. The van der Waals surface area contributed by atoms with Gasteiger partial charge in [0.25, 0.3) is 6.01 Å². The standard InChI is InChI=1S/C12H13N3O2S/c1-7-6-8(16-2)4-5-9(7)10-13-11(17-3)15-12(18)14-10/h4-6H,1-3H3,(H,13,14,15,18). The highest BCUT2D eigenvalue weighted by Gasteiger charge is 2.07. The molecule has 94 valence electrons. The van der Waals surface area contributed by atoms with Crippen molar-refractivity contribution < 1.29 is 9.47 Å². The number of nitrogens with zero attached hydrogens (tertiary/aromatic N) is 2. The number of aromatic nitrogens is 3. The molecule has 0 aliphatic heterocycles. The summed E-state index contributed by atoms with van der Waals surface area (Å²) in [5.41, 5.74) is 1.96. The molecule has 0 unspecified atom stereocenters. The zero-order valence-electron chi connectivity index (χ0n) is 10.4. The maximum Gasteiger partial charge on any atom is 0.297 e. The lowest BCUT2D eigenvalue weighted by Crippen LogP contribution is -1.99. The van der Waals surface area contributed by atoms with E-state index in [1.165, 1.54) is 7.11 Å². The molecule has 0 aliphatic carbocycles. The fourth-order valence-electron chi connectivity index (χ4n) is 1.62. The smallest absolute Gasteiger partial charge is 0.297 e. The average molecular weight is 263 g/mol. The summed E-state index contributed by atoms with van der Waals surface area (Å²) in [5, 5.41) is 0. The van der Waals surface area contributed by atoms with Gasteiger partial charge in [0, 0.05) is 5.56 Å². The number of H-pyrrole nitrogens is 1. The van der Waals surface area contributed by atoms with Gasteiger partial charge in [0.1, 0.15) is 11.6 Å². The van der Waals surface area contributed by atoms with Crippen molar-refractivity contribution in [1.29, 1.82) is 0 Å². The number of aryl methyl sites for hydroxylation is 1. The van der Waals surface area contributed by atoms with Crippen LogP contribution in [0.1, 0.15) is 5.56 Å². The second-order valence-electron chi connectivity index (χ2n) is 3.67. The number of rotatable bonds is 3. The Morgan fingerprint density at radius 3 is 2.56 bits per heavy atom. The third-order valence-electron chi connectivity index (χ3n) is 2.51. The molecule has 0 radical (unpaired) electrons. The Labute approximate surface area is 110 Å². The summed E-state index contributed by atoms with van der Waals surface area (Å²) >= 11 is 5.00. The van der Waals surface area contributed by atoms with Crippen LogP contribution in [0, 0.1) is 11.7 Å². The highest BCUT2D eigenvalue weighted by atomic mass is 32.1. The van der Waals surface area contributed by atoms with Crippen molar-refractivity contribution in [2.75, 3.05) is 14.2 Å². The number of aromatic amines is 1. The summed E-state index contributed by atoms with van der Waals surface area (Å²) in [5.74, 6) is 1.43. The van der Waals surface area contributed by atoms with E-state index >= 15 is 0 Å². The van der Waals surface area contributed by atoms with Gasteiger partial charge in [-0.1, -0.05) is 0 Å². The predicted octanol–water partition coefficient (Wildman–Crippen LogP) is 2.53. The Bertz CT molecular complexity index is 625. The van der Waals surface area contributed by atoms with E-state index in [0.29, 0.717) is 11.8 Å². The first-order chi connectivity index (χ1) is 8.63. The van der Waals surface area contributed by atoms with Gasteiger partial charge in [0.2, 0.25) is 4.77 Å². The van der Waals surface area contributed by atoms with Crippen LogP contribution >= 0.6 is 12.2 Å². The minimum atomic E-state index is 0.246. The van der Waals surface area contributed by atoms with Gasteiger partial charge in [-0.2, -0.15) is 4.98 Å². The lowest BCUT2D eigenvalue weighted by atomic mass is 10.1. The van der Waals surface area contributed by atoms with Crippen LogP contribution in [0.5, 0.6) is 11.8 Å². The van der Waals surface area contributed by atoms with E-state index in [1.807, 2.05) is 25.1 Å². The highest BCUT2D eigenvalue weighted by Crippen LogP contribution is 2.24. The molecule has 2 rings (SSSR count). The van der Waals surface area contributed by atoms with E-state index in [-0.39, 0.29) is 4.77 Å². The fraction of sp³-hybridized carbons (Fsp3) is 0.250. The molecule has 0 saturated carbocycles. The maximum atomic E-state index is 5.17. The van der Waals surface area contributed by atoms with Gasteiger partial charge in [0.15, 0.2) is 0 Å². The molecule has 1 N–H and O–H groups in total. The Hall–Kier alpha value is -1.95. The normalized spacial score (nSPS) is 10.2. The first-order valence-electron chi connectivity index (χ1n) is 5.31. The number of ether oxygens (including phenoxy) is 2. The van der Waals surface area contributed by atoms with E-state index in [2.05, 4.69) is 15.0 Å². The van der Waals surface area contributed by atoms with Crippen molar-refractivity contribution in [3.8, 4) is 23.1 Å². The molecule has 0 atom stereocenters. The lowest BCUT2D eigenvalue weighted by molar-refractivity contribution is 0.378. The number of hydrogen-bond donors (Lipinski definition) is 1. The minimum Gasteiger partial charge on any atom is -0.497 e. The molecule has 6 heteroatoms. The van der Waals surface area contributed by atoms with Crippen LogP contribution in [0.15, 0.2) is 18.2 Å². The van der Waals surface area contributed by atoms with Crippen molar-refractivity contribution in [2.24, 2.45) is 0 Å². The van der Waals surface area contributed by atoms with Gasteiger partial charge < -0.3 is 9.47 Å². The van der Waals surface area contributed by atoms with E-state index < -0.39 is 0 Å². The molecule has 1 aromatic carbocycles. The van der Waals surface area contributed by atoms with Crippen molar-refractivity contribution >= 4 is 12.2 Å². The molecule has 0 fully saturated rings. The Morgan fingerprint density at radius 1 is 1.17 bits per heavy atom. The molecule has 0 bridgehead atoms. The van der Waals surface area contributed by atoms with Crippen LogP contribution < -0.4 is 9.47 Å². The first-order valence-corrected chi connectivity index (χ1v) is 5.72. The molecule has 5 nitrogen and oxygen atoms in total. The van der Waals surface area contributed by atoms with Crippen LogP contribution in [0.3, 0.4) is 0 Å². The predicted molar refractivity (Wildman–Crippen MR) is 70.5 cm³/mol. The van der Waals surface area contributed by atoms with Crippen LogP contribution in [-0.4, -0.2) is 29.2 Å². The molecule has 2 aromatic rings. The molecule has 1 heterocycles. The summed E-state index contributed by atoms with van der Waals surface area (Å²) in [6.45, 7) is 1.98. The molecule has 0 aliphatic rings. The quantitative estimate of drug-likeness (QED) is 0.862. The summed E-state index contributed by atoms with van der Waals surface area (Å²) in [4.78, 5) is 11.1. The van der Waals surface area contributed by atoms with Crippen molar-refractivity contribution in [3.63, 3.8) is 0 Å². The second kappa shape index (κ2) is 5.14. The zero-order chi connectivity index (χ0) is 13.1. The zero-order valence-corrected chi connectivity index (χ0v) is 11.2. The second-order valence-corrected chi connectivity index (χ2v) is 4.04. The third kappa shape index (κ3) is 2.48. The molecule has 0 spiro atoms. The summed E-state index contributed by atoms with van der Waals surface area (Å²) < 4.78 is 10.5. The van der Waals surface area contributed by atoms with Crippen LogP contribution in [0.2, 0.25) is 0 Å². The van der Waals surface area contributed by atoms with E-state index in [4.69, 9.17) is 21.7 Å². The van der Waals surface area contributed by atoms with Crippen molar-refractivity contribution in [1.82, 2.24) is 15.0 Å².